The lowest BCUT2D eigenvalue weighted by Gasteiger charge is -2.42. The first-order chi connectivity index (χ1) is 9.50. The second kappa shape index (κ2) is 4.51. The molecule has 3 rings (SSSR count). The number of hydrogen-bond donors (Lipinski definition) is 3. The fraction of sp³-hybridized carbons (Fsp3) is 0.467. The van der Waals surface area contributed by atoms with Gasteiger partial charge in [0, 0.05) is 0 Å². The number of benzene rings is 1. The number of carbonyl (C=O) groups is 2. The fourth-order valence-corrected chi connectivity index (χ4v) is 3.05. The lowest BCUT2D eigenvalue weighted by molar-refractivity contribution is -0.121. The molecule has 2 aliphatic rings. The molecular weight excluding hydrogens is 256 g/mol. The number of aromatic carboxylic acids is 1. The van der Waals surface area contributed by atoms with Crippen molar-refractivity contribution in [2.75, 3.05) is 10.6 Å². The number of hydrogen-bond acceptors (Lipinski definition) is 3. The van der Waals surface area contributed by atoms with Crippen LogP contribution in [0.25, 0.3) is 0 Å². The Bertz CT molecular complexity index is 574. The molecule has 5 nitrogen and oxygen atoms in total. The lowest BCUT2D eigenvalue weighted by Crippen LogP contribution is -2.54. The Morgan fingerprint density at radius 2 is 2.00 bits per heavy atom. The molecule has 0 unspecified atom stereocenters. The molecule has 0 radical (unpaired) electrons. The SMILES string of the molecule is CC1CCC2(CC1)Nc1ccc(C(=O)O)cc1NC2=O. The van der Waals surface area contributed by atoms with Gasteiger partial charge in [0.2, 0.25) is 5.91 Å². The Hall–Kier alpha value is -2.04. The van der Waals surface area contributed by atoms with Crippen molar-refractivity contribution in [1.29, 1.82) is 0 Å². The summed E-state index contributed by atoms with van der Waals surface area (Å²) in [4.78, 5) is 23.4. The summed E-state index contributed by atoms with van der Waals surface area (Å²) in [5, 5.41) is 15.2. The monoisotopic (exact) mass is 274 g/mol. The average Bonchev–Trinajstić information content (AvgIpc) is 2.42. The summed E-state index contributed by atoms with van der Waals surface area (Å²) in [6.07, 6.45) is 3.70. The van der Waals surface area contributed by atoms with Crippen LogP contribution in [0, 0.1) is 5.92 Å². The normalized spacial score (nSPS) is 28.4. The van der Waals surface area contributed by atoms with Crippen LogP contribution < -0.4 is 10.6 Å². The van der Waals surface area contributed by atoms with Crippen molar-refractivity contribution in [3.63, 3.8) is 0 Å². The number of rotatable bonds is 1. The highest BCUT2D eigenvalue weighted by atomic mass is 16.4. The second-order valence-corrected chi connectivity index (χ2v) is 5.91. The zero-order valence-corrected chi connectivity index (χ0v) is 11.4. The van der Waals surface area contributed by atoms with E-state index in [0.29, 0.717) is 11.6 Å². The van der Waals surface area contributed by atoms with Crippen molar-refractivity contribution in [3.8, 4) is 0 Å². The van der Waals surface area contributed by atoms with Crippen LogP contribution in [0.4, 0.5) is 11.4 Å². The van der Waals surface area contributed by atoms with Crippen LogP contribution in [0.2, 0.25) is 0 Å². The zero-order valence-electron chi connectivity index (χ0n) is 11.4. The van der Waals surface area contributed by atoms with Crippen LogP contribution in [-0.2, 0) is 4.79 Å². The molecule has 0 aromatic heterocycles. The summed E-state index contributed by atoms with van der Waals surface area (Å²) < 4.78 is 0. The molecule has 1 spiro atoms. The highest BCUT2D eigenvalue weighted by molar-refractivity contribution is 6.07. The second-order valence-electron chi connectivity index (χ2n) is 5.91. The van der Waals surface area contributed by atoms with Crippen molar-refractivity contribution < 1.29 is 14.7 Å². The molecule has 0 atom stereocenters. The van der Waals surface area contributed by atoms with Gasteiger partial charge in [-0.05, 0) is 49.8 Å². The van der Waals surface area contributed by atoms with Crippen molar-refractivity contribution in [1.82, 2.24) is 0 Å². The standard InChI is InChI=1S/C15H18N2O3/c1-9-4-6-15(7-5-9)14(20)16-12-8-10(13(18)19)2-3-11(12)17-15/h2-3,8-9,17H,4-7H2,1H3,(H,16,20)(H,18,19). The van der Waals surface area contributed by atoms with Crippen molar-refractivity contribution in [2.24, 2.45) is 5.92 Å². The van der Waals surface area contributed by atoms with E-state index >= 15 is 0 Å². The van der Waals surface area contributed by atoms with Gasteiger partial charge < -0.3 is 15.7 Å². The predicted molar refractivity (Wildman–Crippen MR) is 76.0 cm³/mol. The molecule has 1 aromatic carbocycles. The summed E-state index contributed by atoms with van der Waals surface area (Å²) in [6, 6.07) is 4.80. The Kier molecular flexibility index (Phi) is 2.92. The van der Waals surface area contributed by atoms with E-state index in [1.54, 1.807) is 12.1 Å². The molecular formula is C15H18N2O3. The van der Waals surface area contributed by atoms with E-state index in [1.165, 1.54) is 6.07 Å². The quantitative estimate of drug-likeness (QED) is 0.735. The van der Waals surface area contributed by atoms with Gasteiger partial charge in [-0.3, -0.25) is 4.79 Å². The predicted octanol–water partition coefficient (Wildman–Crippen LogP) is 2.70. The van der Waals surface area contributed by atoms with Crippen LogP contribution in [-0.4, -0.2) is 22.5 Å². The van der Waals surface area contributed by atoms with E-state index < -0.39 is 11.5 Å². The molecule has 106 valence electrons. The van der Waals surface area contributed by atoms with E-state index in [-0.39, 0.29) is 11.5 Å². The minimum Gasteiger partial charge on any atom is -0.478 e. The molecule has 0 saturated heterocycles. The first kappa shape index (κ1) is 13.0. The Balaban J connectivity index is 1.91. The van der Waals surface area contributed by atoms with Crippen LogP contribution in [0.5, 0.6) is 0 Å². The van der Waals surface area contributed by atoms with E-state index in [1.807, 2.05) is 0 Å². The number of anilines is 2. The summed E-state index contributed by atoms with van der Waals surface area (Å²) in [7, 11) is 0. The number of amides is 1. The van der Waals surface area contributed by atoms with Crippen molar-refractivity contribution in [3.05, 3.63) is 23.8 Å². The maximum absolute atomic E-state index is 12.4. The van der Waals surface area contributed by atoms with Gasteiger partial charge >= 0.3 is 5.97 Å². The summed E-state index contributed by atoms with van der Waals surface area (Å²) >= 11 is 0. The number of carbonyl (C=O) groups excluding carboxylic acids is 1. The molecule has 1 heterocycles. The zero-order chi connectivity index (χ0) is 14.3. The van der Waals surface area contributed by atoms with Crippen molar-refractivity contribution in [2.45, 2.75) is 38.1 Å². The summed E-state index contributed by atoms with van der Waals surface area (Å²) in [6.45, 7) is 2.21. The third kappa shape index (κ3) is 2.03. The lowest BCUT2D eigenvalue weighted by atomic mass is 9.75. The molecule has 3 N–H and O–H groups in total. The minimum absolute atomic E-state index is 0.0422. The Morgan fingerprint density at radius 1 is 1.30 bits per heavy atom. The van der Waals surface area contributed by atoms with Gasteiger partial charge in [-0.15, -0.1) is 0 Å². The highest BCUT2D eigenvalue weighted by Gasteiger charge is 2.43. The molecule has 1 aromatic rings. The molecule has 5 heteroatoms. The van der Waals surface area contributed by atoms with Gasteiger partial charge in [-0.2, -0.15) is 0 Å². The van der Waals surface area contributed by atoms with E-state index in [0.717, 1.165) is 31.4 Å². The molecule has 1 fully saturated rings. The van der Waals surface area contributed by atoms with E-state index in [2.05, 4.69) is 17.6 Å². The van der Waals surface area contributed by atoms with Crippen molar-refractivity contribution >= 4 is 23.3 Å². The average molecular weight is 274 g/mol. The smallest absolute Gasteiger partial charge is 0.335 e. The number of carboxylic acids is 1. The van der Waals surface area contributed by atoms with Gasteiger partial charge in [0.1, 0.15) is 5.54 Å². The maximum Gasteiger partial charge on any atom is 0.335 e. The fourth-order valence-electron chi connectivity index (χ4n) is 3.05. The van der Waals surface area contributed by atoms with Crippen LogP contribution in [0.1, 0.15) is 43.0 Å². The van der Waals surface area contributed by atoms with Gasteiger partial charge in [-0.1, -0.05) is 6.92 Å². The molecule has 1 aliphatic heterocycles. The van der Waals surface area contributed by atoms with Crippen LogP contribution in [0.3, 0.4) is 0 Å². The minimum atomic E-state index is -0.992. The first-order valence-electron chi connectivity index (χ1n) is 6.97. The number of carboxylic acid groups (broad SMARTS) is 1. The number of nitrogens with one attached hydrogen (secondary N) is 2. The van der Waals surface area contributed by atoms with Gasteiger partial charge in [0.25, 0.3) is 0 Å². The van der Waals surface area contributed by atoms with Gasteiger partial charge in [-0.25, -0.2) is 4.79 Å². The molecule has 1 amide bonds. The Morgan fingerprint density at radius 3 is 2.65 bits per heavy atom. The number of fused-ring (bicyclic) bond motifs is 1. The largest absolute Gasteiger partial charge is 0.478 e. The first-order valence-corrected chi connectivity index (χ1v) is 6.97. The molecule has 20 heavy (non-hydrogen) atoms. The van der Waals surface area contributed by atoms with Gasteiger partial charge in [0.15, 0.2) is 0 Å². The van der Waals surface area contributed by atoms with Crippen LogP contribution >= 0.6 is 0 Å². The third-order valence-corrected chi connectivity index (χ3v) is 4.45. The third-order valence-electron chi connectivity index (χ3n) is 4.45. The summed E-state index contributed by atoms with van der Waals surface area (Å²) in [5.74, 6) is -0.376. The van der Waals surface area contributed by atoms with Gasteiger partial charge in [0.05, 0.1) is 16.9 Å². The summed E-state index contributed by atoms with van der Waals surface area (Å²) in [5.41, 5.74) is 1.02. The topological polar surface area (TPSA) is 78.4 Å². The Labute approximate surface area is 117 Å². The molecule has 0 bridgehead atoms. The highest BCUT2D eigenvalue weighted by Crippen LogP contribution is 2.40. The molecule has 1 saturated carbocycles. The van der Waals surface area contributed by atoms with E-state index in [4.69, 9.17) is 5.11 Å². The van der Waals surface area contributed by atoms with Crippen LogP contribution in [0.15, 0.2) is 18.2 Å². The molecule has 1 aliphatic carbocycles. The maximum atomic E-state index is 12.4. The van der Waals surface area contributed by atoms with E-state index in [9.17, 15) is 9.59 Å².